The maximum absolute atomic E-state index is 5.87. The summed E-state index contributed by atoms with van der Waals surface area (Å²) in [6, 6.07) is 5.76. The zero-order valence-corrected chi connectivity index (χ0v) is 10.1. The van der Waals surface area contributed by atoms with Crippen molar-refractivity contribution in [1.29, 1.82) is 0 Å². The molecule has 0 spiro atoms. The van der Waals surface area contributed by atoms with Gasteiger partial charge in [0, 0.05) is 10.6 Å². The number of ether oxygens (including phenoxy) is 1. The van der Waals surface area contributed by atoms with E-state index in [9.17, 15) is 0 Å². The fraction of sp³-hybridized carbons (Fsp3) is 0.455. The lowest BCUT2D eigenvalue weighted by Crippen LogP contribution is -2.08. The van der Waals surface area contributed by atoms with E-state index in [1.165, 1.54) is 0 Å². The summed E-state index contributed by atoms with van der Waals surface area (Å²) in [4.78, 5) is 1.10. The Balaban J connectivity index is 2.51. The average Bonchev–Trinajstić information content (AvgIpc) is 2.26. The van der Waals surface area contributed by atoms with Crippen LogP contribution in [0.3, 0.4) is 0 Å². The van der Waals surface area contributed by atoms with Gasteiger partial charge in [-0.3, -0.25) is 0 Å². The quantitative estimate of drug-likeness (QED) is 0.442. The van der Waals surface area contributed by atoms with E-state index in [0.717, 1.165) is 35.1 Å². The molecule has 4 heteroatoms. The van der Waals surface area contributed by atoms with Crippen LogP contribution in [0.15, 0.2) is 23.1 Å². The van der Waals surface area contributed by atoms with E-state index in [1.807, 2.05) is 25.2 Å². The molecule has 15 heavy (non-hydrogen) atoms. The molecule has 0 saturated carbocycles. The second-order valence-corrected chi connectivity index (χ2v) is 4.35. The van der Waals surface area contributed by atoms with E-state index in [4.69, 9.17) is 10.5 Å². The number of benzene rings is 1. The van der Waals surface area contributed by atoms with Crippen LogP contribution in [-0.4, -0.2) is 26.5 Å². The van der Waals surface area contributed by atoms with Crippen molar-refractivity contribution in [2.24, 2.45) is 0 Å². The van der Waals surface area contributed by atoms with Gasteiger partial charge in [0.15, 0.2) is 0 Å². The van der Waals surface area contributed by atoms with Crippen LogP contribution in [0.5, 0.6) is 5.75 Å². The summed E-state index contributed by atoms with van der Waals surface area (Å²) in [5, 5.41) is 3.12. The van der Waals surface area contributed by atoms with Gasteiger partial charge in [-0.2, -0.15) is 0 Å². The van der Waals surface area contributed by atoms with Gasteiger partial charge in [0.25, 0.3) is 0 Å². The Morgan fingerprint density at radius 2 is 2.27 bits per heavy atom. The van der Waals surface area contributed by atoms with E-state index in [-0.39, 0.29) is 0 Å². The lowest BCUT2D eigenvalue weighted by atomic mass is 10.3. The van der Waals surface area contributed by atoms with Crippen LogP contribution >= 0.6 is 11.8 Å². The Kier molecular flexibility index (Phi) is 5.36. The summed E-state index contributed by atoms with van der Waals surface area (Å²) in [5.74, 6) is 1.93. The molecule has 3 nitrogen and oxygen atoms in total. The fourth-order valence-electron chi connectivity index (χ4n) is 1.20. The molecule has 3 N–H and O–H groups in total. The van der Waals surface area contributed by atoms with Crippen molar-refractivity contribution >= 4 is 17.4 Å². The van der Waals surface area contributed by atoms with Gasteiger partial charge in [0.05, 0.1) is 7.11 Å². The summed E-state index contributed by atoms with van der Waals surface area (Å²) >= 11 is 1.77. The first-order valence-corrected chi connectivity index (χ1v) is 5.97. The molecule has 0 bridgehead atoms. The lowest BCUT2D eigenvalue weighted by molar-refractivity contribution is 0.414. The van der Waals surface area contributed by atoms with E-state index in [1.54, 1.807) is 18.9 Å². The first-order valence-electron chi connectivity index (χ1n) is 4.99. The molecule has 1 aromatic rings. The first kappa shape index (κ1) is 12.2. The van der Waals surface area contributed by atoms with Crippen molar-refractivity contribution in [1.82, 2.24) is 5.32 Å². The third-order valence-electron chi connectivity index (χ3n) is 2.05. The zero-order chi connectivity index (χ0) is 11.1. The Hall–Kier alpha value is -0.870. The van der Waals surface area contributed by atoms with Crippen LogP contribution in [-0.2, 0) is 0 Å². The van der Waals surface area contributed by atoms with Crippen molar-refractivity contribution in [3.8, 4) is 5.75 Å². The minimum Gasteiger partial charge on any atom is -0.497 e. The molecule has 0 aliphatic carbocycles. The van der Waals surface area contributed by atoms with Crippen molar-refractivity contribution in [3.05, 3.63) is 18.2 Å². The number of anilines is 1. The molecule has 0 aliphatic rings. The molecule has 1 aromatic carbocycles. The number of hydrogen-bond donors (Lipinski definition) is 2. The molecule has 0 amide bonds. The van der Waals surface area contributed by atoms with E-state index >= 15 is 0 Å². The maximum Gasteiger partial charge on any atom is 0.120 e. The number of rotatable bonds is 6. The average molecular weight is 226 g/mol. The predicted octanol–water partition coefficient (Wildman–Crippen LogP) is 1.98. The largest absolute Gasteiger partial charge is 0.497 e. The zero-order valence-electron chi connectivity index (χ0n) is 9.25. The van der Waals surface area contributed by atoms with Gasteiger partial charge in [-0.25, -0.2) is 0 Å². The second kappa shape index (κ2) is 6.58. The summed E-state index contributed by atoms with van der Waals surface area (Å²) in [6.45, 7) is 1.04. The van der Waals surface area contributed by atoms with Crippen LogP contribution in [0, 0.1) is 0 Å². The number of hydrogen-bond acceptors (Lipinski definition) is 4. The smallest absolute Gasteiger partial charge is 0.120 e. The molecule has 0 heterocycles. The number of thioether (sulfide) groups is 1. The molecule has 1 rings (SSSR count). The van der Waals surface area contributed by atoms with Gasteiger partial charge in [-0.15, -0.1) is 11.8 Å². The molecule has 84 valence electrons. The van der Waals surface area contributed by atoms with Crippen molar-refractivity contribution in [2.75, 3.05) is 32.2 Å². The highest BCUT2D eigenvalue weighted by Crippen LogP contribution is 2.29. The van der Waals surface area contributed by atoms with Gasteiger partial charge < -0.3 is 15.8 Å². The standard InChI is InChI=1S/C11H18N2OS/c1-13-6-3-7-15-11-8-9(14-2)4-5-10(11)12/h4-5,8,13H,3,6-7,12H2,1-2H3. The van der Waals surface area contributed by atoms with Gasteiger partial charge in [-0.1, -0.05) is 0 Å². The molecule has 0 aromatic heterocycles. The number of nitrogens with one attached hydrogen (secondary N) is 1. The molecule has 0 saturated heterocycles. The van der Waals surface area contributed by atoms with E-state index in [0.29, 0.717) is 0 Å². The van der Waals surface area contributed by atoms with Crippen LogP contribution in [0.25, 0.3) is 0 Å². The third-order valence-corrected chi connectivity index (χ3v) is 3.21. The first-order chi connectivity index (χ1) is 7.27. The Labute approximate surface area is 95.4 Å². The SMILES string of the molecule is CNCCCSc1cc(OC)ccc1N. The minimum absolute atomic E-state index is 0.824. The van der Waals surface area contributed by atoms with Gasteiger partial charge in [0.1, 0.15) is 5.75 Å². The summed E-state index contributed by atoms with van der Waals surface area (Å²) in [7, 11) is 3.63. The van der Waals surface area contributed by atoms with Crippen molar-refractivity contribution in [3.63, 3.8) is 0 Å². The highest BCUT2D eigenvalue weighted by atomic mass is 32.2. The minimum atomic E-state index is 0.824. The van der Waals surface area contributed by atoms with Crippen molar-refractivity contribution < 1.29 is 4.74 Å². The Morgan fingerprint density at radius 3 is 2.93 bits per heavy atom. The third kappa shape index (κ3) is 4.01. The summed E-state index contributed by atoms with van der Waals surface area (Å²) in [5.41, 5.74) is 6.69. The lowest BCUT2D eigenvalue weighted by Gasteiger charge is -2.07. The maximum atomic E-state index is 5.87. The molecule has 0 atom stereocenters. The Morgan fingerprint density at radius 1 is 1.47 bits per heavy atom. The number of nitrogens with two attached hydrogens (primary N) is 1. The highest BCUT2D eigenvalue weighted by Gasteiger charge is 2.01. The normalized spacial score (nSPS) is 10.3. The molecular formula is C11H18N2OS. The molecule has 0 fully saturated rings. The van der Waals surface area contributed by atoms with E-state index in [2.05, 4.69) is 5.32 Å². The summed E-state index contributed by atoms with van der Waals surface area (Å²) in [6.07, 6.45) is 1.14. The van der Waals surface area contributed by atoms with Gasteiger partial charge in [-0.05, 0) is 44.0 Å². The molecule has 0 unspecified atom stereocenters. The fourth-order valence-corrected chi connectivity index (χ4v) is 2.14. The van der Waals surface area contributed by atoms with Gasteiger partial charge in [0.2, 0.25) is 0 Å². The van der Waals surface area contributed by atoms with Crippen LogP contribution in [0.2, 0.25) is 0 Å². The number of methoxy groups -OCH3 is 1. The number of nitrogen functional groups attached to an aromatic ring is 1. The molecular weight excluding hydrogens is 208 g/mol. The highest BCUT2D eigenvalue weighted by molar-refractivity contribution is 7.99. The van der Waals surface area contributed by atoms with Crippen LogP contribution < -0.4 is 15.8 Å². The molecule has 0 radical (unpaired) electrons. The second-order valence-electron chi connectivity index (χ2n) is 3.21. The topological polar surface area (TPSA) is 47.3 Å². The summed E-state index contributed by atoms with van der Waals surface area (Å²) < 4.78 is 5.16. The van der Waals surface area contributed by atoms with Crippen LogP contribution in [0.4, 0.5) is 5.69 Å². The van der Waals surface area contributed by atoms with Gasteiger partial charge >= 0.3 is 0 Å². The van der Waals surface area contributed by atoms with E-state index < -0.39 is 0 Å². The molecule has 0 aliphatic heterocycles. The Bertz CT molecular complexity index is 305. The van der Waals surface area contributed by atoms with Crippen molar-refractivity contribution in [2.45, 2.75) is 11.3 Å². The monoisotopic (exact) mass is 226 g/mol. The predicted molar refractivity (Wildman–Crippen MR) is 66.7 cm³/mol. The van der Waals surface area contributed by atoms with Crippen LogP contribution in [0.1, 0.15) is 6.42 Å².